The summed E-state index contributed by atoms with van der Waals surface area (Å²) in [5.74, 6) is 2.36. The molecule has 0 N–H and O–H groups in total. The fourth-order valence-electron chi connectivity index (χ4n) is 3.40. The molecular formula is C24H19BrO3S. The normalized spacial score (nSPS) is 10.9. The molecule has 0 bridgehead atoms. The number of benzene rings is 3. The molecule has 0 aliphatic rings. The van der Waals surface area contributed by atoms with E-state index in [9.17, 15) is 4.79 Å². The van der Waals surface area contributed by atoms with Gasteiger partial charge in [0.2, 0.25) is 0 Å². The van der Waals surface area contributed by atoms with Gasteiger partial charge in [0.15, 0.2) is 5.75 Å². The number of hydrogen-bond acceptors (Lipinski definition) is 4. The second kappa shape index (κ2) is 8.39. The minimum absolute atomic E-state index is 0.717. The number of carbonyl (C=O) groups is 1. The third-order valence-corrected chi connectivity index (χ3v) is 6.52. The summed E-state index contributed by atoms with van der Waals surface area (Å²) >= 11 is 5.11. The highest BCUT2D eigenvalue weighted by Gasteiger charge is 2.20. The van der Waals surface area contributed by atoms with E-state index in [1.54, 1.807) is 18.4 Å². The molecule has 0 unspecified atom stereocenters. The van der Waals surface area contributed by atoms with Gasteiger partial charge in [0, 0.05) is 20.1 Å². The molecule has 29 heavy (non-hydrogen) atoms. The molecule has 0 aliphatic carbocycles. The van der Waals surface area contributed by atoms with Gasteiger partial charge in [-0.3, -0.25) is 4.79 Å². The molecule has 0 saturated heterocycles. The molecule has 1 aromatic heterocycles. The minimum atomic E-state index is 0.717. The summed E-state index contributed by atoms with van der Waals surface area (Å²) in [6, 6.07) is 19.6. The Morgan fingerprint density at radius 3 is 2.48 bits per heavy atom. The van der Waals surface area contributed by atoms with Crippen molar-refractivity contribution in [3.63, 3.8) is 0 Å². The van der Waals surface area contributed by atoms with Gasteiger partial charge in [-0.1, -0.05) is 41.1 Å². The van der Waals surface area contributed by atoms with Crippen molar-refractivity contribution >= 4 is 43.6 Å². The number of ether oxygens (including phenoxy) is 2. The zero-order valence-corrected chi connectivity index (χ0v) is 18.5. The Balaban J connectivity index is 1.95. The maximum Gasteiger partial charge on any atom is 0.153 e. The van der Waals surface area contributed by atoms with Gasteiger partial charge in [0.1, 0.15) is 17.8 Å². The maximum absolute atomic E-state index is 11.6. The van der Waals surface area contributed by atoms with Crippen LogP contribution < -0.4 is 9.47 Å². The van der Waals surface area contributed by atoms with Crippen LogP contribution in [0.4, 0.5) is 0 Å². The standard InChI is InChI=1S/C24H19BrO3S/c1-3-19-15(14-26)5-4-6-20(19)24-23(28-17-9-7-16(25)8-10-17)21-12-11-18(27-2)13-22(21)29-24/h4-14H,3H2,1-2H3. The van der Waals surface area contributed by atoms with Gasteiger partial charge in [-0.05, 0) is 60.0 Å². The number of rotatable bonds is 6. The molecule has 0 aliphatic heterocycles. The molecule has 3 nitrogen and oxygen atoms in total. The Labute approximate surface area is 182 Å². The Kier molecular flexibility index (Phi) is 5.69. The average Bonchev–Trinajstić information content (AvgIpc) is 3.11. The van der Waals surface area contributed by atoms with Gasteiger partial charge in [0.05, 0.1) is 12.0 Å². The molecule has 0 saturated carbocycles. The van der Waals surface area contributed by atoms with Crippen LogP contribution in [0.25, 0.3) is 20.5 Å². The van der Waals surface area contributed by atoms with Gasteiger partial charge < -0.3 is 9.47 Å². The fourth-order valence-corrected chi connectivity index (χ4v) is 4.88. The van der Waals surface area contributed by atoms with E-state index in [-0.39, 0.29) is 0 Å². The topological polar surface area (TPSA) is 35.5 Å². The van der Waals surface area contributed by atoms with Crippen molar-refractivity contribution in [3.8, 4) is 27.7 Å². The molecule has 0 spiro atoms. The van der Waals surface area contributed by atoms with E-state index in [2.05, 4.69) is 28.9 Å². The summed E-state index contributed by atoms with van der Waals surface area (Å²) in [6.07, 6.45) is 1.69. The van der Waals surface area contributed by atoms with Crippen LogP contribution >= 0.6 is 27.3 Å². The van der Waals surface area contributed by atoms with Crippen molar-refractivity contribution in [2.24, 2.45) is 0 Å². The summed E-state index contributed by atoms with van der Waals surface area (Å²) in [7, 11) is 1.66. The van der Waals surface area contributed by atoms with Crippen LogP contribution in [0.5, 0.6) is 17.2 Å². The number of methoxy groups -OCH3 is 1. The Morgan fingerprint density at radius 1 is 1.03 bits per heavy atom. The van der Waals surface area contributed by atoms with Crippen molar-refractivity contribution in [3.05, 3.63) is 76.3 Å². The molecule has 0 radical (unpaired) electrons. The van der Waals surface area contributed by atoms with E-state index in [0.29, 0.717) is 0 Å². The van der Waals surface area contributed by atoms with E-state index in [1.807, 2.05) is 54.6 Å². The largest absolute Gasteiger partial charge is 0.497 e. The molecule has 1 heterocycles. The summed E-state index contributed by atoms with van der Waals surface area (Å²) in [5, 5.41) is 1.02. The SMILES string of the molecule is CCc1c(C=O)cccc1-c1sc2cc(OC)ccc2c1Oc1ccc(Br)cc1. The van der Waals surface area contributed by atoms with E-state index >= 15 is 0 Å². The van der Waals surface area contributed by atoms with Crippen LogP contribution in [0.15, 0.2) is 65.1 Å². The zero-order valence-electron chi connectivity index (χ0n) is 16.1. The predicted molar refractivity (Wildman–Crippen MR) is 123 cm³/mol. The molecule has 0 amide bonds. The van der Waals surface area contributed by atoms with Gasteiger partial charge in [-0.15, -0.1) is 11.3 Å². The number of thiophene rings is 1. The third-order valence-electron chi connectivity index (χ3n) is 4.82. The monoisotopic (exact) mass is 466 g/mol. The maximum atomic E-state index is 11.6. The number of hydrogen-bond donors (Lipinski definition) is 0. The molecule has 0 atom stereocenters. The number of fused-ring (bicyclic) bond motifs is 1. The van der Waals surface area contributed by atoms with Crippen molar-refractivity contribution in [1.29, 1.82) is 0 Å². The molecule has 146 valence electrons. The van der Waals surface area contributed by atoms with Crippen molar-refractivity contribution in [2.75, 3.05) is 7.11 Å². The van der Waals surface area contributed by atoms with Crippen LogP contribution in [0.3, 0.4) is 0 Å². The first-order chi connectivity index (χ1) is 14.1. The highest BCUT2D eigenvalue weighted by Crippen LogP contribution is 2.48. The average molecular weight is 467 g/mol. The third kappa shape index (κ3) is 3.80. The first kappa shape index (κ1) is 19.7. The van der Waals surface area contributed by atoms with E-state index < -0.39 is 0 Å². The highest BCUT2D eigenvalue weighted by molar-refractivity contribution is 9.10. The summed E-state index contributed by atoms with van der Waals surface area (Å²) < 4.78 is 13.9. The molecule has 3 aromatic carbocycles. The van der Waals surface area contributed by atoms with Crippen LogP contribution in [-0.2, 0) is 6.42 Å². The van der Waals surface area contributed by atoms with Crippen molar-refractivity contribution < 1.29 is 14.3 Å². The second-order valence-corrected chi connectivity index (χ2v) is 8.49. The first-order valence-electron chi connectivity index (χ1n) is 9.26. The number of carbonyl (C=O) groups excluding carboxylic acids is 1. The van der Waals surface area contributed by atoms with Crippen molar-refractivity contribution in [1.82, 2.24) is 0 Å². The minimum Gasteiger partial charge on any atom is -0.497 e. The van der Waals surface area contributed by atoms with E-state index in [0.717, 1.165) is 66.1 Å². The predicted octanol–water partition coefficient (Wildman–Crippen LogP) is 7.51. The fraction of sp³-hybridized carbons (Fsp3) is 0.125. The molecule has 4 aromatic rings. The lowest BCUT2D eigenvalue weighted by molar-refractivity contribution is 0.112. The summed E-state index contributed by atoms with van der Waals surface area (Å²) in [6.45, 7) is 2.07. The summed E-state index contributed by atoms with van der Waals surface area (Å²) in [4.78, 5) is 12.6. The van der Waals surface area contributed by atoms with Crippen molar-refractivity contribution in [2.45, 2.75) is 13.3 Å². The van der Waals surface area contributed by atoms with Gasteiger partial charge >= 0.3 is 0 Å². The Bertz CT molecular complexity index is 1180. The van der Waals surface area contributed by atoms with E-state index in [4.69, 9.17) is 9.47 Å². The lowest BCUT2D eigenvalue weighted by Crippen LogP contribution is -1.95. The van der Waals surface area contributed by atoms with Gasteiger partial charge in [-0.25, -0.2) is 0 Å². The quantitative estimate of drug-likeness (QED) is 0.275. The number of halogens is 1. The van der Waals surface area contributed by atoms with Gasteiger partial charge in [0.25, 0.3) is 0 Å². The van der Waals surface area contributed by atoms with Crippen LogP contribution in [0, 0.1) is 0 Å². The second-order valence-electron chi connectivity index (χ2n) is 6.52. The zero-order chi connectivity index (χ0) is 20.4. The van der Waals surface area contributed by atoms with E-state index in [1.165, 1.54) is 0 Å². The van der Waals surface area contributed by atoms with Crippen LogP contribution in [0.1, 0.15) is 22.8 Å². The molecular weight excluding hydrogens is 448 g/mol. The Hall–Kier alpha value is -2.63. The lowest BCUT2D eigenvalue weighted by atomic mass is 9.98. The lowest BCUT2D eigenvalue weighted by Gasteiger charge is -2.12. The highest BCUT2D eigenvalue weighted by atomic mass is 79.9. The molecule has 5 heteroatoms. The van der Waals surface area contributed by atoms with Crippen LogP contribution in [0.2, 0.25) is 0 Å². The first-order valence-corrected chi connectivity index (χ1v) is 10.9. The molecule has 0 fully saturated rings. The van der Waals surface area contributed by atoms with Gasteiger partial charge in [-0.2, -0.15) is 0 Å². The smallest absolute Gasteiger partial charge is 0.153 e. The number of aldehydes is 1. The van der Waals surface area contributed by atoms with Crippen LogP contribution in [-0.4, -0.2) is 13.4 Å². The summed E-state index contributed by atoms with van der Waals surface area (Å²) in [5.41, 5.74) is 2.78. The molecule has 4 rings (SSSR count). The Morgan fingerprint density at radius 2 is 1.79 bits per heavy atom.